The van der Waals surface area contributed by atoms with E-state index < -0.39 is 5.82 Å². The third kappa shape index (κ3) is 2.94. The van der Waals surface area contributed by atoms with E-state index in [4.69, 9.17) is 9.52 Å². The van der Waals surface area contributed by atoms with Crippen LogP contribution in [0.5, 0.6) is 0 Å². The third-order valence-corrected chi connectivity index (χ3v) is 6.40. The largest absolute Gasteiger partial charge is 0.401 e. The van der Waals surface area contributed by atoms with Crippen LogP contribution in [0.1, 0.15) is 47.4 Å². The molecule has 7 rings (SSSR count). The smallest absolute Gasteiger partial charge is 0.319 e. The van der Waals surface area contributed by atoms with E-state index in [-0.39, 0.29) is 23.6 Å². The first-order chi connectivity index (χ1) is 16.3. The molecule has 2 aliphatic rings. The monoisotopic (exact) mass is 442 g/mol. The summed E-state index contributed by atoms with van der Waals surface area (Å²) < 4.78 is 22.1. The minimum Gasteiger partial charge on any atom is -0.401 e. The molecule has 5 aromatic rings. The number of fused-ring (bicyclic) bond motifs is 2. The van der Waals surface area contributed by atoms with Crippen molar-refractivity contribution < 1.29 is 8.81 Å². The van der Waals surface area contributed by atoms with Gasteiger partial charge in [0.05, 0.1) is 23.2 Å². The molecule has 1 aliphatic heterocycles. The van der Waals surface area contributed by atoms with Crippen molar-refractivity contribution in [2.75, 3.05) is 11.4 Å². The fourth-order valence-corrected chi connectivity index (χ4v) is 4.68. The zero-order valence-corrected chi connectivity index (χ0v) is 17.5. The summed E-state index contributed by atoms with van der Waals surface area (Å²) in [7, 11) is 0. The Bertz CT molecular complexity index is 1480. The lowest BCUT2D eigenvalue weighted by Crippen LogP contribution is -2.36. The van der Waals surface area contributed by atoms with Crippen LogP contribution < -0.4 is 4.90 Å². The highest BCUT2D eigenvalue weighted by atomic mass is 19.1. The second-order valence-corrected chi connectivity index (χ2v) is 8.47. The summed E-state index contributed by atoms with van der Waals surface area (Å²) in [6.45, 7) is 0.621. The Morgan fingerprint density at radius 1 is 1.12 bits per heavy atom. The molecule has 1 unspecified atom stereocenters. The molecule has 0 spiro atoms. The Morgan fingerprint density at radius 2 is 2.06 bits per heavy atom. The molecule has 5 aromatic heterocycles. The van der Waals surface area contributed by atoms with Crippen molar-refractivity contribution >= 4 is 11.5 Å². The summed E-state index contributed by atoms with van der Waals surface area (Å²) in [6, 6.07) is 9.17. The number of aromatic amines is 1. The highest BCUT2D eigenvalue weighted by Crippen LogP contribution is 2.43. The van der Waals surface area contributed by atoms with Gasteiger partial charge in [0, 0.05) is 31.1 Å². The second-order valence-electron chi connectivity index (χ2n) is 8.47. The molecule has 0 amide bonds. The van der Waals surface area contributed by atoms with Crippen molar-refractivity contribution in [3.05, 3.63) is 77.5 Å². The summed E-state index contributed by atoms with van der Waals surface area (Å²) in [5.41, 5.74) is 5.26. The molecule has 33 heavy (non-hydrogen) atoms. The predicted octanol–water partition coefficient (Wildman–Crippen LogP) is 3.67. The zero-order chi connectivity index (χ0) is 21.9. The molecule has 1 saturated carbocycles. The molecule has 0 bridgehead atoms. The number of halogens is 1. The maximum atomic E-state index is 14.2. The fourth-order valence-electron chi connectivity index (χ4n) is 4.68. The van der Waals surface area contributed by atoms with E-state index in [1.807, 2.05) is 21.7 Å². The Hall–Kier alpha value is -4.08. The lowest BCUT2D eigenvalue weighted by molar-refractivity contribution is 0.499. The predicted molar refractivity (Wildman–Crippen MR) is 116 cm³/mol. The minimum absolute atomic E-state index is 0.0343. The van der Waals surface area contributed by atoms with Crippen LogP contribution in [0.25, 0.3) is 17.1 Å². The number of anilines is 1. The number of imidazole rings is 1. The normalized spacial score (nSPS) is 18.1. The maximum absolute atomic E-state index is 14.2. The average Bonchev–Trinajstić information content (AvgIpc) is 3.22. The highest BCUT2D eigenvalue weighted by molar-refractivity contribution is 5.60. The van der Waals surface area contributed by atoms with Gasteiger partial charge >= 0.3 is 6.01 Å². The van der Waals surface area contributed by atoms with Crippen LogP contribution in [0.15, 0.2) is 53.5 Å². The van der Waals surface area contributed by atoms with Crippen LogP contribution in [0, 0.1) is 5.82 Å². The van der Waals surface area contributed by atoms with Crippen molar-refractivity contribution in [1.82, 2.24) is 34.8 Å². The minimum atomic E-state index is -0.509. The van der Waals surface area contributed by atoms with Crippen LogP contribution in [-0.2, 0) is 6.42 Å². The summed E-state index contributed by atoms with van der Waals surface area (Å²) in [6.07, 6.45) is 8.34. The third-order valence-electron chi connectivity index (χ3n) is 6.40. The van der Waals surface area contributed by atoms with E-state index in [1.54, 1.807) is 6.33 Å². The zero-order valence-electron chi connectivity index (χ0n) is 17.5. The summed E-state index contributed by atoms with van der Waals surface area (Å²) in [5, 5.41) is 13.2. The number of H-pyrrole nitrogens is 1. The van der Waals surface area contributed by atoms with E-state index in [9.17, 15) is 4.39 Å². The van der Waals surface area contributed by atoms with Gasteiger partial charge in [0.15, 0.2) is 11.5 Å². The SMILES string of the molecule is Fc1cccnc1-c1nnc(N2CCc3[nH]cnc3C2c2cc3c(C4CC4)cccn3n2)o1. The first kappa shape index (κ1) is 18.5. The van der Waals surface area contributed by atoms with E-state index >= 15 is 0 Å². The molecule has 10 heteroatoms. The highest BCUT2D eigenvalue weighted by Gasteiger charge is 2.37. The Labute approximate surface area is 187 Å². The molecule has 0 saturated heterocycles. The first-order valence-corrected chi connectivity index (χ1v) is 11.0. The van der Waals surface area contributed by atoms with E-state index in [0.29, 0.717) is 12.5 Å². The summed E-state index contributed by atoms with van der Waals surface area (Å²) >= 11 is 0. The molecule has 1 aliphatic carbocycles. The average molecular weight is 442 g/mol. The molecular formula is C23H19FN8O. The number of pyridine rings is 2. The molecular weight excluding hydrogens is 423 g/mol. The van der Waals surface area contributed by atoms with E-state index in [0.717, 1.165) is 29.0 Å². The van der Waals surface area contributed by atoms with Crippen molar-refractivity contribution in [3.63, 3.8) is 0 Å². The molecule has 6 heterocycles. The van der Waals surface area contributed by atoms with Gasteiger partial charge in [0.25, 0.3) is 5.89 Å². The van der Waals surface area contributed by atoms with Gasteiger partial charge < -0.3 is 14.3 Å². The van der Waals surface area contributed by atoms with Gasteiger partial charge in [-0.15, -0.1) is 5.10 Å². The summed E-state index contributed by atoms with van der Waals surface area (Å²) in [5.74, 6) is 0.138. The number of hydrogen-bond donors (Lipinski definition) is 1. The van der Waals surface area contributed by atoms with Gasteiger partial charge in [-0.05, 0) is 48.6 Å². The number of aromatic nitrogens is 7. The molecule has 1 fully saturated rings. The second kappa shape index (κ2) is 6.96. The van der Waals surface area contributed by atoms with Gasteiger partial charge in [-0.25, -0.2) is 18.9 Å². The van der Waals surface area contributed by atoms with Crippen LogP contribution in [0.2, 0.25) is 0 Å². The van der Waals surface area contributed by atoms with Gasteiger partial charge in [0.1, 0.15) is 6.04 Å². The van der Waals surface area contributed by atoms with E-state index in [2.05, 4.69) is 37.3 Å². The van der Waals surface area contributed by atoms with Gasteiger partial charge in [-0.2, -0.15) is 5.10 Å². The Balaban J connectivity index is 1.34. The van der Waals surface area contributed by atoms with Gasteiger partial charge in [-0.3, -0.25) is 0 Å². The molecule has 164 valence electrons. The van der Waals surface area contributed by atoms with Crippen LogP contribution in [0.3, 0.4) is 0 Å². The maximum Gasteiger partial charge on any atom is 0.319 e. The lowest BCUT2D eigenvalue weighted by atomic mass is 10.00. The number of nitrogens with one attached hydrogen (secondary N) is 1. The number of rotatable bonds is 4. The number of hydrogen-bond acceptors (Lipinski definition) is 7. The van der Waals surface area contributed by atoms with Crippen LogP contribution in [-0.4, -0.2) is 41.3 Å². The Morgan fingerprint density at radius 3 is 2.94 bits per heavy atom. The van der Waals surface area contributed by atoms with Crippen molar-refractivity contribution in [3.8, 4) is 11.6 Å². The standard InChI is InChI=1S/C23H19FN8O/c24-15-4-1-8-25-19(15)22-28-29-23(33-22)31-10-7-16-20(27-12-26-16)21(31)17-11-18-14(13-5-6-13)3-2-9-32(18)30-17/h1-4,8-9,11-13,21H,5-7,10H2,(H,26,27). The lowest BCUT2D eigenvalue weighted by Gasteiger charge is -2.32. The summed E-state index contributed by atoms with van der Waals surface area (Å²) in [4.78, 5) is 13.9. The van der Waals surface area contributed by atoms with Crippen LogP contribution >= 0.6 is 0 Å². The quantitative estimate of drug-likeness (QED) is 0.453. The molecule has 0 radical (unpaired) electrons. The van der Waals surface area contributed by atoms with E-state index in [1.165, 1.54) is 36.7 Å². The topological polar surface area (TPSA) is 101 Å². The Kier molecular flexibility index (Phi) is 3.90. The van der Waals surface area contributed by atoms with Crippen molar-refractivity contribution in [2.24, 2.45) is 0 Å². The van der Waals surface area contributed by atoms with Crippen molar-refractivity contribution in [1.29, 1.82) is 0 Å². The molecule has 9 nitrogen and oxygen atoms in total. The fraction of sp³-hybridized carbons (Fsp3) is 0.261. The van der Waals surface area contributed by atoms with Crippen molar-refractivity contribution in [2.45, 2.75) is 31.2 Å². The molecule has 0 aromatic carbocycles. The van der Waals surface area contributed by atoms with Gasteiger partial charge in [-0.1, -0.05) is 11.2 Å². The first-order valence-electron chi connectivity index (χ1n) is 11.0. The number of nitrogens with zero attached hydrogens (tertiary/aromatic N) is 7. The molecule has 1 atom stereocenters. The van der Waals surface area contributed by atoms with Gasteiger partial charge in [0.2, 0.25) is 0 Å². The molecule has 1 N–H and O–H groups in total. The van der Waals surface area contributed by atoms with Crippen LogP contribution in [0.4, 0.5) is 10.4 Å².